The number of hydrogen-bond acceptors (Lipinski definition) is 1. The first kappa shape index (κ1) is 16.3. The standard InChI is InChI=1S/C15H23N3.HI/c1-12-6-5-9-18(11-12)15(16)17-10-14-8-4-3-7-13(14)2;/h3-4,7-8,12H,5-6,9-11H2,1-2H3,(H2,16,17);1H. The number of hydrogen-bond donors (Lipinski definition) is 1. The molecule has 1 aromatic rings. The predicted molar refractivity (Wildman–Crippen MR) is 91.9 cm³/mol. The molecule has 1 unspecified atom stereocenters. The summed E-state index contributed by atoms with van der Waals surface area (Å²) in [5, 5.41) is 0. The molecule has 0 amide bonds. The van der Waals surface area contributed by atoms with E-state index in [1.807, 2.05) is 0 Å². The first-order valence-corrected chi connectivity index (χ1v) is 6.76. The van der Waals surface area contributed by atoms with Crippen LogP contribution >= 0.6 is 24.0 Å². The predicted octanol–water partition coefficient (Wildman–Crippen LogP) is 3.16. The first-order chi connectivity index (χ1) is 8.66. The minimum atomic E-state index is 0. The van der Waals surface area contributed by atoms with Crippen molar-refractivity contribution in [1.82, 2.24) is 4.90 Å². The Hall–Kier alpha value is -0.780. The number of aryl methyl sites for hydroxylation is 1. The molecule has 19 heavy (non-hydrogen) atoms. The van der Waals surface area contributed by atoms with Gasteiger partial charge in [-0.05, 0) is 36.8 Å². The third kappa shape index (κ3) is 4.67. The summed E-state index contributed by atoms with van der Waals surface area (Å²) in [7, 11) is 0. The van der Waals surface area contributed by atoms with Crippen LogP contribution in [0.5, 0.6) is 0 Å². The molecule has 0 radical (unpaired) electrons. The van der Waals surface area contributed by atoms with Gasteiger partial charge in [0, 0.05) is 13.1 Å². The molecule has 1 saturated heterocycles. The highest BCUT2D eigenvalue weighted by molar-refractivity contribution is 14.0. The SMILES string of the molecule is Cc1ccccc1CN=C(N)N1CCCC(C)C1.I. The summed E-state index contributed by atoms with van der Waals surface area (Å²) < 4.78 is 0. The normalized spacial score (nSPS) is 20.0. The molecule has 1 atom stereocenters. The van der Waals surface area contributed by atoms with E-state index in [1.165, 1.54) is 24.0 Å². The minimum absolute atomic E-state index is 0. The second-order valence-corrected chi connectivity index (χ2v) is 5.29. The molecule has 3 nitrogen and oxygen atoms in total. The largest absolute Gasteiger partial charge is 0.370 e. The van der Waals surface area contributed by atoms with Crippen molar-refractivity contribution in [1.29, 1.82) is 0 Å². The quantitative estimate of drug-likeness (QED) is 0.492. The van der Waals surface area contributed by atoms with Gasteiger partial charge in [0.25, 0.3) is 0 Å². The molecule has 106 valence electrons. The van der Waals surface area contributed by atoms with E-state index >= 15 is 0 Å². The lowest BCUT2D eigenvalue weighted by atomic mass is 10.0. The molecule has 0 spiro atoms. The maximum atomic E-state index is 6.08. The van der Waals surface area contributed by atoms with Gasteiger partial charge in [-0.1, -0.05) is 31.2 Å². The first-order valence-electron chi connectivity index (χ1n) is 6.76. The number of aliphatic imine (C=N–C) groups is 1. The molecule has 0 aromatic heterocycles. The molecular weight excluding hydrogens is 349 g/mol. The van der Waals surface area contributed by atoms with Gasteiger partial charge in [-0.2, -0.15) is 0 Å². The number of guanidine groups is 1. The van der Waals surface area contributed by atoms with Gasteiger partial charge < -0.3 is 10.6 Å². The molecule has 0 bridgehead atoms. The average Bonchev–Trinajstić information content (AvgIpc) is 2.37. The molecule has 0 aliphatic carbocycles. The lowest BCUT2D eigenvalue weighted by molar-refractivity contribution is 0.270. The summed E-state index contributed by atoms with van der Waals surface area (Å²) in [6.07, 6.45) is 2.53. The summed E-state index contributed by atoms with van der Waals surface area (Å²) in [6.45, 7) is 7.17. The van der Waals surface area contributed by atoms with Crippen LogP contribution in [0.3, 0.4) is 0 Å². The number of halogens is 1. The molecule has 0 saturated carbocycles. The van der Waals surface area contributed by atoms with Crippen molar-refractivity contribution in [2.24, 2.45) is 16.6 Å². The van der Waals surface area contributed by atoms with Crippen molar-refractivity contribution >= 4 is 29.9 Å². The van der Waals surface area contributed by atoms with E-state index in [0.29, 0.717) is 12.5 Å². The topological polar surface area (TPSA) is 41.6 Å². The van der Waals surface area contributed by atoms with Crippen LogP contribution in [0.15, 0.2) is 29.3 Å². The maximum absolute atomic E-state index is 6.08. The Labute approximate surface area is 133 Å². The fourth-order valence-electron chi connectivity index (χ4n) is 2.45. The second-order valence-electron chi connectivity index (χ2n) is 5.29. The Morgan fingerprint density at radius 3 is 2.84 bits per heavy atom. The van der Waals surface area contributed by atoms with Crippen molar-refractivity contribution in [2.75, 3.05) is 13.1 Å². The highest BCUT2D eigenvalue weighted by Gasteiger charge is 2.17. The van der Waals surface area contributed by atoms with Crippen LogP contribution in [0.2, 0.25) is 0 Å². The molecule has 2 N–H and O–H groups in total. The molecule has 1 aliphatic rings. The van der Waals surface area contributed by atoms with Crippen LogP contribution < -0.4 is 5.73 Å². The Morgan fingerprint density at radius 1 is 1.42 bits per heavy atom. The van der Waals surface area contributed by atoms with Crippen LogP contribution in [-0.4, -0.2) is 23.9 Å². The van der Waals surface area contributed by atoms with Crippen molar-refractivity contribution in [3.63, 3.8) is 0 Å². The van der Waals surface area contributed by atoms with E-state index in [4.69, 9.17) is 5.73 Å². The number of piperidine rings is 1. The van der Waals surface area contributed by atoms with Gasteiger partial charge in [-0.15, -0.1) is 24.0 Å². The Kier molecular flexibility index (Phi) is 6.62. The van der Waals surface area contributed by atoms with Gasteiger partial charge in [0.05, 0.1) is 6.54 Å². The summed E-state index contributed by atoms with van der Waals surface area (Å²) in [4.78, 5) is 6.75. The molecule has 1 heterocycles. The van der Waals surface area contributed by atoms with Gasteiger partial charge in [-0.25, -0.2) is 4.99 Å². The van der Waals surface area contributed by atoms with Gasteiger partial charge in [0.2, 0.25) is 0 Å². The smallest absolute Gasteiger partial charge is 0.191 e. The van der Waals surface area contributed by atoms with E-state index in [-0.39, 0.29) is 24.0 Å². The van der Waals surface area contributed by atoms with Crippen LogP contribution in [0.1, 0.15) is 30.9 Å². The lowest BCUT2D eigenvalue weighted by Crippen LogP contribution is -2.43. The van der Waals surface area contributed by atoms with E-state index in [2.05, 4.69) is 48.0 Å². The van der Waals surface area contributed by atoms with E-state index in [1.54, 1.807) is 0 Å². The Bertz CT molecular complexity index is 431. The number of nitrogens with zero attached hydrogens (tertiary/aromatic N) is 2. The highest BCUT2D eigenvalue weighted by Crippen LogP contribution is 2.15. The summed E-state index contributed by atoms with van der Waals surface area (Å²) >= 11 is 0. The monoisotopic (exact) mass is 373 g/mol. The molecular formula is C15H24IN3. The molecule has 1 aliphatic heterocycles. The average molecular weight is 373 g/mol. The number of likely N-dealkylation sites (tertiary alicyclic amines) is 1. The van der Waals surface area contributed by atoms with Crippen LogP contribution in [0, 0.1) is 12.8 Å². The van der Waals surface area contributed by atoms with Crippen LogP contribution in [-0.2, 0) is 6.54 Å². The Morgan fingerprint density at radius 2 is 2.16 bits per heavy atom. The fraction of sp³-hybridized carbons (Fsp3) is 0.533. The zero-order chi connectivity index (χ0) is 13.0. The number of rotatable bonds is 2. The van der Waals surface area contributed by atoms with Gasteiger partial charge in [0.15, 0.2) is 5.96 Å². The Balaban J connectivity index is 0.00000180. The summed E-state index contributed by atoms with van der Waals surface area (Å²) in [5.74, 6) is 1.43. The van der Waals surface area contributed by atoms with E-state index in [0.717, 1.165) is 19.0 Å². The number of nitrogens with two attached hydrogens (primary N) is 1. The van der Waals surface area contributed by atoms with Crippen molar-refractivity contribution in [3.8, 4) is 0 Å². The second kappa shape index (κ2) is 7.72. The summed E-state index contributed by atoms with van der Waals surface area (Å²) in [5.41, 5.74) is 8.62. The van der Waals surface area contributed by atoms with Gasteiger partial charge >= 0.3 is 0 Å². The lowest BCUT2D eigenvalue weighted by Gasteiger charge is -2.31. The van der Waals surface area contributed by atoms with Crippen LogP contribution in [0.4, 0.5) is 0 Å². The van der Waals surface area contributed by atoms with Gasteiger partial charge in [0.1, 0.15) is 0 Å². The number of benzene rings is 1. The zero-order valence-corrected chi connectivity index (χ0v) is 14.1. The van der Waals surface area contributed by atoms with E-state index < -0.39 is 0 Å². The third-order valence-corrected chi connectivity index (χ3v) is 3.65. The van der Waals surface area contributed by atoms with Crippen molar-refractivity contribution in [3.05, 3.63) is 35.4 Å². The highest BCUT2D eigenvalue weighted by atomic mass is 127. The van der Waals surface area contributed by atoms with Crippen molar-refractivity contribution in [2.45, 2.75) is 33.2 Å². The van der Waals surface area contributed by atoms with Gasteiger partial charge in [-0.3, -0.25) is 0 Å². The molecule has 1 fully saturated rings. The maximum Gasteiger partial charge on any atom is 0.191 e. The molecule has 2 rings (SSSR count). The summed E-state index contributed by atoms with van der Waals surface area (Å²) in [6, 6.07) is 8.34. The zero-order valence-electron chi connectivity index (χ0n) is 11.8. The molecule has 1 aromatic carbocycles. The fourth-order valence-corrected chi connectivity index (χ4v) is 2.45. The minimum Gasteiger partial charge on any atom is -0.370 e. The third-order valence-electron chi connectivity index (χ3n) is 3.65. The van der Waals surface area contributed by atoms with Crippen molar-refractivity contribution < 1.29 is 0 Å². The molecule has 4 heteroatoms. The van der Waals surface area contributed by atoms with E-state index in [9.17, 15) is 0 Å². The van der Waals surface area contributed by atoms with Crippen LogP contribution in [0.25, 0.3) is 0 Å².